The molecule has 1 aromatic heterocycles. The van der Waals surface area contributed by atoms with E-state index in [2.05, 4.69) is 21.9 Å². The number of benzene rings is 1. The number of rotatable bonds is 5. The van der Waals surface area contributed by atoms with Gasteiger partial charge < -0.3 is 4.74 Å². The van der Waals surface area contributed by atoms with Gasteiger partial charge in [-0.05, 0) is 57.4 Å². The van der Waals surface area contributed by atoms with Crippen LogP contribution in [-0.4, -0.2) is 33.8 Å². The quantitative estimate of drug-likeness (QED) is 0.758. The van der Waals surface area contributed by atoms with Gasteiger partial charge in [-0.2, -0.15) is 0 Å². The van der Waals surface area contributed by atoms with E-state index >= 15 is 0 Å². The normalized spacial score (nSPS) is 18.0. The second-order valence-corrected chi connectivity index (χ2v) is 8.08. The molecule has 0 bridgehead atoms. The maximum absolute atomic E-state index is 13.3. The van der Waals surface area contributed by atoms with E-state index in [0.717, 1.165) is 35.3 Å². The molecule has 4 rings (SSSR count). The second kappa shape index (κ2) is 8.57. The van der Waals surface area contributed by atoms with Crippen molar-refractivity contribution in [3.63, 3.8) is 0 Å². The predicted octanol–water partition coefficient (Wildman–Crippen LogP) is 4.21. The number of anilines is 2. The zero-order valence-corrected chi connectivity index (χ0v) is 17.9. The molecule has 1 saturated carbocycles. The summed E-state index contributed by atoms with van der Waals surface area (Å²) in [5.74, 6) is 1.61. The molecule has 29 heavy (non-hydrogen) atoms. The van der Waals surface area contributed by atoms with Gasteiger partial charge in [-0.1, -0.05) is 26.2 Å². The Morgan fingerprint density at radius 3 is 2.45 bits per heavy atom. The van der Waals surface area contributed by atoms with Gasteiger partial charge in [0.2, 0.25) is 5.95 Å². The predicted molar refractivity (Wildman–Crippen MR) is 116 cm³/mol. The van der Waals surface area contributed by atoms with Crippen LogP contribution in [-0.2, 0) is 13.1 Å². The monoisotopic (exact) mass is 396 g/mol. The minimum atomic E-state index is 0.103. The maximum atomic E-state index is 13.3. The van der Waals surface area contributed by atoms with Crippen molar-refractivity contribution in [3.8, 4) is 5.75 Å². The van der Waals surface area contributed by atoms with Gasteiger partial charge >= 0.3 is 0 Å². The van der Waals surface area contributed by atoms with E-state index in [-0.39, 0.29) is 5.56 Å². The van der Waals surface area contributed by atoms with Gasteiger partial charge in [0.1, 0.15) is 5.75 Å². The minimum absolute atomic E-state index is 0.103. The van der Waals surface area contributed by atoms with E-state index in [4.69, 9.17) is 9.72 Å². The Labute approximate surface area is 173 Å². The SMILES string of the molecule is CCOc1ccc(N2CN(C3CCCCC3)Cn3c2nc(C)c(CC)c3=O)cc1. The lowest BCUT2D eigenvalue weighted by atomic mass is 9.94. The number of aromatic nitrogens is 2. The fraction of sp³-hybridized carbons (Fsp3) is 0.565. The summed E-state index contributed by atoms with van der Waals surface area (Å²) in [7, 11) is 0. The molecule has 2 heterocycles. The van der Waals surface area contributed by atoms with Gasteiger partial charge in [0.25, 0.3) is 5.56 Å². The molecular weight excluding hydrogens is 364 g/mol. The first-order valence-corrected chi connectivity index (χ1v) is 11.0. The van der Waals surface area contributed by atoms with Crippen molar-refractivity contribution in [1.82, 2.24) is 14.5 Å². The lowest BCUT2D eigenvalue weighted by molar-refractivity contribution is 0.107. The van der Waals surface area contributed by atoms with Gasteiger partial charge in [0.05, 0.1) is 19.9 Å². The van der Waals surface area contributed by atoms with Crippen LogP contribution in [0.1, 0.15) is 57.2 Å². The van der Waals surface area contributed by atoms with Crippen molar-refractivity contribution < 1.29 is 4.74 Å². The van der Waals surface area contributed by atoms with E-state index in [1.165, 1.54) is 32.1 Å². The molecule has 1 aliphatic carbocycles. The van der Waals surface area contributed by atoms with Crippen LogP contribution in [0.2, 0.25) is 0 Å². The van der Waals surface area contributed by atoms with Gasteiger partial charge in [0, 0.05) is 23.0 Å². The fourth-order valence-corrected chi connectivity index (χ4v) is 4.66. The molecule has 2 aromatic rings. The van der Waals surface area contributed by atoms with E-state index in [1.54, 1.807) is 0 Å². The molecule has 156 valence electrons. The maximum Gasteiger partial charge on any atom is 0.259 e. The van der Waals surface area contributed by atoms with Crippen LogP contribution in [0.5, 0.6) is 5.75 Å². The van der Waals surface area contributed by atoms with E-state index < -0.39 is 0 Å². The summed E-state index contributed by atoms with van der Waals surface area (Å²) in [6.45, 7) is 8.01. The summed E-state index contributed by atoms with van der Waals surface area (Å²) >= 11 is 0. The molecule has 6 heteroatoms. The summed E-state index contributed by atoms with van der Waals surface area (Å²) in [6, 6.07) is 8.65. The highest BCUT2D eigenvalue weighted by Gasteiger charge is 2.31. The molecule has 1 aromatic carbocycles. The number of hydrogen-bond donors (Lipinski definition) is 0. The van der Waals surface area contributed by atoms with Crippen LogP contribution in [0, 0.1) is 6.92 Å². The largest absolute Gasteiger partial charge is 0.494 e. The molecule has 2 aliphatic rings. The molecule has 0 atom stereocenters. The number of fused-ring (bicyclic) bond motifs is 1. The molecule has 0 unspecified atom stereocenters. The molecule has 1 fully saturated rings. The Balaban J connectivity index is 1.76. The lowest BCUT2D eigenvalue weighted by Crippen LogP contribution is -2.52. The van der Waals surface area contributed by atoms with Gasteiger partial charge in [-0.25, -0.2) is 4.98 Å². The Kier molecular flexibility index (Phi) is 5.90. The number of nitrogens with zero attached hydrogens (tertiary/aromatic N) is 4. The molecular formula is C23H32N4O2. The van der Waals surface area contributed by atoms with Crippen molar-refractivity contribution >= 4 is 11.6 Å². The van der Waals surface area contributed by atoms with Crippen LogP contribution in [0.3, 0.4) is 0 Å². The smallest absolute Gasteiger partial charge is 0.259 e. The highest BCUT2D eigenvalue weighted by Crippen LogP contribution is 2.32. The van der Waals surface area contributed by atoms with Crippen LogP contribution in [0.4, 0.5) is 11.6 Å². The van der Waals surface area contributed by atoms with Crippen LogP contribution in [0.15, 0.2) is 29.1 Å². The van der Waals surface area contributed by atoms with Crippen LogP contribution in [0.25, 0.3) is 0 Å². The third-order valence-corrected chi connectivity index (χ3v) is 6.24. The van der Waals surface area contributed by atoms with Crippen molar-refractivity contribution in [2.75, 3.05) is 18.2 Å². The molecule has 0 radical (unpaired) electrons. The third kappa shape index (κ3) is 3.90. The van der Waals surface area contributed by atoms with E-state index in [9.17, 15) is 4.79 Å². The Hall–Kier alpha value is -2.34. The number of ether oxygens (including phenoxy) is 1. The van der Waals surface area contributed by atoms with Gasteiger partial charge in [-0.3, -0.25) is 19.2 Å². The first-order chi connectivity index (χ1) is 14.1. The highest BCUT2D eigenvalue weighted by molar-refractivity contribution is 5.59. The van der Waals surface area contributed by atoms with Crippen LogP contribution < -0.4 is 15.2 Å². The third-order valence-electron chi connectivity index (χ3n) is 6.24. The van der Waals surface area contributed by atoms with Crippen molar-refractivity contribution in [2.24, 2.45) is 0 Å². The zero-order valence-electron chi connectivity index (χ0n) is 17.9. The summed E-state index contributed by atoms with van der Waals surface area (Å²) < 4.78 is 7.48. The van der Waals surface area contributed by atoms with Gasteiger partial charge in [0.15, 0.2) is 0 Å². The van der Waals surface area contributed by atoms with Crippen molar-refractivity contribution in [2.45, 2.75) is 72.0 Å². The number of hydrogen-bond acceptors (Lipinski definition) is 5. The van der Waals surface area contributed by atoms with E-state index in [0.29, 0.717) is 25.7 Å². The standard InChI is InChI=1S/C23H32N4O2/c1-4-21-17(3)24-23-26(19-11-13-20(14-12-19)29-5-2)15-25(16-27(23)22(21)28)18-9-7-6-8-10-18/h11-14,18H,4-10,15-16H2,1-3H3. The Bertz CT molecular complexity index is 900. The molecule has 6 nitrogen and oxygen atoms in total. The highest BCUT2D eigenvalue weighted by atomic mass is 16.5. The molecule has 0 N–H and O–H groups in total. The minimum Gasteiger partial charge on any atom is -0.494 e. The second-order valence-electron chi connectivity index (χ2n) is 8.08. The van der Waals surface area contributed by atoms with Gasteiger partial charge in [-0.15, -0.1) is 0 Å². The van der Waals surface area contributed by atoms with Crippen molar-refractivity contribution in [3.05, 3.63) is 45.9 Å². The molecule has 1 aliphatic heterocycles. The Morgan fingerprint density at radius 1 is 1.07 bits per heavy atom. The summed E-state index contributed by atoms with van der Waals surface area (Å²) in [4.78, 5) is 22.8. The molecule has 0 spiro atoms. The first-order valence-electron chi connectivity index (χ1n) is 11.0. The summed E-state index contributed by atoms with van der Waals surface area (Å²) in [5.41, 5.74) is 2.81. The Morgan fingerprint density at radius 2 is 1.79 bits per heavy atom. The molecule has 0 saturated heterocycles. The average molecular weight is 397 g/mol. The lowest BCUT2D eigenvalue weighted by Gasteiger charge is -2.43. The number of aryl methyl sites for hydroxylation is 1. The summed E-state index contributed by atoms with van der Waals surface area (Å²) in [6.07, 6.45) is 7.01. The topological polar surface area (TPSA) is 50.6 Å². The fourth-order valence-electron chi connectivity index (χ4n) is 4.66. The van der Waals surface area contributed by atoms with Crippen LogP contribution >= 0.6 is 0 Å². The van der Waals surface area contributed by atoms with Crippen molar-refractivity contribution in [1.29, 1.82) is 0 Å². The zero-order chi connectivity index (χ0) is 20.4. The van der Waals surface area contributed by atoms with E-state index in [1.807, 2.05) is 37.5 Å². The summed E-state index contributed by atoms with van der Waals surface area (Å²) in [5, 5.41) is 0. The molecule has 0 amide bonds. The average Bonchev–Trinajstić information content (AvgIpc) is 2.75. The first kappa shape index (κ1) is 20.0.